The number of rotatable bonds is 24. The van der Waals surface area contributed by atoms with Gasteiger partial charge in [-0.25, -0.2) is 0 Å². The fraction of sp³-hybridized carbons (Fsp3) is 0.600. The molecule has 2 aromatic rings. The van der Waals surface area contributed by atoms with Gasteiger partial charge in [0.05, 0.1) is 0 Å². The van der Waals surface area contributed by atoms with Crippen molar-refractivity contribution < 1.29 is 34.8 Å². The largest absolute Gasteiger partial charge is 0.671 e. The van der Waals surface area contributed by atoms with Gasteiger partial charge in [-0.15, -0.1) is 0 Å². The molecule has 0 aliphatic heterocycles. The lowest BCUT2D eigenvalue weighted by molar-refractivity contribution is -0.0248. The van der Waals surface area contributed by atoms with E-state index in [0.717, 1.165) is 48.9 Å². The van der Waals surface area contributed by atoms with Crippen molar-refractivity contribution >= 4 is 37.0 Å². The summed E-state index contributed by atoms with van der Waals surface area (Å²) in [7, 11) is -11.3. The Bertz CT molecular complexity index is 803. The molecule has 41 heavy (non-hydrogen) atoms. The van der Waals surface area contributed by atoms with Gasteiger partial charge < -0.3 is 34.8 Å². The molecule has 0 unspecified atom stereocenters. The lowest BCUT2D eigenvalue weighted by Crippen LogP contribution is -2.74. The molecule has 8 nitrogen and oxygen atoms in total. The van der Waals surface area contributed by atoms with Gasteiger partial charge in [0.15, 0.2) is 0 Å². The highest BCUT2D eigenvalue weighted by Crippen LogP contribution is 2.27. The van der Waals surface area contributed by atoms with Crippen LogP contribution < -0.4 is 10.4 Å². The summed E-state index contributed by atoms with van der Waals surface area (Å²) < 4.78 is 53.3. The van der Waals surface area contributed by atoms with Crippen LogP contribution >= 0.6 is 0 Å². The van der Waals surface area contributed by atoms with Crippen molar-refractivity contribution in [2.24, 2.45) is 0 Å². The van der Waals surface area contributed by atoms with E-state index in [1.54, 1.807) is 0 Å². The van der Waals surface area contributed by atoms with Crippen molar-refractivity contribution in [3.8, 4) is 0 Å². The SMILES string of the molecule is CCCO[Si](OCCC)(OCCC)O[Si](O[Si](OCCC)(OCCC)OCCC)(c1ccccc1)c1ccccc1. The minimum atomic E-state index is -3.76. The Morgan fingerprint density at radius 2 is 0.634 bits per heavy atom. The molecule has 0 aliphatic carbocycles. The van der Waals surface area contributed by atoms with E-state index < -0.39 is 26.7 Å². The maximum Gasteiger partial charge on any atom is 0.671 e. The molecule has 0 N–H and O–H groups in total. The monoisotopic (exact) mass is 624 g/mol. The minimum Gasteiger partial charge on any atom is -0.363 e. The van der Waals surface area contributed by atoms with Crippen LogP contribution in [0.15, 0.2) is 60.7 Å². The maximum atomic E-state index is 7.28. The summed E-state index contributed by atoms with van der Waals surface area (Å²) in [6, 6.07) is 20.0. The first-order valence-corrected chi connectivity index (χ1v) is 20.4. The third-order valence-corrected chi connectivity index (χ3v) is 15.6. The molecule has 232 valence electrons. The first-order chi connectivity index (χ1) is 20.0. The molecule has 0 saturated carbocycles. The van der Waals surface area contributed by atoms with Crippen LogP contribution in [0.2, 0.25) is 0 Å². The highest BCUT2D eigenvalue weighted by Gasteiger charge is 2.63. The Labute approximate surface area is 251 Å². The van der Waals surface area contributed by atoms with Crippen LogP contribution in [-0.2, 0) is 34.8 Å². The van der Waals surface area contributed by atoms with Gasteiger partial charge in [-0.1, -0.05) is 102 Å². The molecule has 0 spiro atoms. The van der Waals surface area contributed by atoms with Crippen LogP contribution in [-0.4, -0.2) is 66.3 Å². The number of hydrogen-bond acceptors (Lipinski definition) is 8. The van der Waals surface area contributed by atoms with Gasteiger partial charge in [0, 0.05) is 39.6 Å². The summed E-state index contributed by atoms with van der Waals surface area (Å²) in [6.07, 6.45) is 4.71. The molecule has 0 fully saturated rings. The lowest BCUT2D eigenvalue weighted by Gasteiger charge is -2.42. The Kier molecular flexibility index (Phi) is 17.4. The Morgan fingerprint density at radius 1 is 0.390 bits per heavy atom. The van der Waals surface area contributed by atoms with Gasteiger partial charge in [-0.3, -0.25) is 0 Å². The topological polar surface area (TPSA) is 73.8 Å². The summed E-state index contributed by atoms with van der Waals surface area (Å²) in [5.74, 6) is 0. The molecule has 0 heterocycles. The highest BCUT2D eigenvalue weighted by atomic mass is 28.5. The van der Waals surface area contributed by atoms with Crippen molar-refractivity contribution in [1.29, 1.82) is 0 Å². The molecule has 0 amide bonds. The fourth-order valence-electron chi connectivity index (χ4n) is 3.88. The van der Waals surface area contributed by atoms with E-state index in [9.17, 15) is 0 Å². The van der Waals surface area contributed by atoms with Gasteiger partial charge in [0.25, 0.3) is 0 Å². The van der Waals surface area contributed by atoms with E-state index in [2.05, 4.69) is 41.5 Å². The van der Waals surface area contributed by atoms with Crippen molar-refractivity contribution in [3.05, 3.63) is 60.7 Å². The number of hydrogen-bond donors (Lipinski definition) is 0. The minimum absolute atomic E-state index is 0.432. The first kappa shape index (κ1) is 36.0. The predicted octanol–water partition coefficient (Wildman–Crippen LogP) is 5.71. The standard InChI is InChI=1S/C30H52O8Si3/c1-7-23-31-40(32-24-8-2,33-25-9-3)37-39(29-19-15-13-16-20-29,30-21-17-14-18-22-30)38-41(34-26-10-4,35-27-11-5)36-28-12-6/h13-22H,7-12,23-28H2,1-6H3. The third-order valence-electron chi connectivity index (χ3n) is 5.74. The van der Waals surface area contributed by atoms with Gasteiger partial charge in [0.1, 0.15) is 0 Å². The molecule has 0 aliphatic rings. The lowest BCUT2D eigenvalue weighted by atomic mass is 10.4. The molecule has 0 saturated heterocycles. The summed E-state index contributed by atoms with van der Waals surface area (Å²) in [6.45, 7) is 14.9. The average Bonchev–Trinajstić information content (AvgIpc) is 3.02. The molecule has 0 aromatic heterocycles. The summed E-state index contributed by atoms with van der Waals surface area (Å²) in [5, 5.41) is 1.72. The first-order valence-electron chi connectivity index (χ1n) is 15.3. The van der Waals surface area contributed by atoms with E-state index >= 15 is 0 Å². The zero-order valence-corrected chi connectivity index (χ0v) is 29.0. The zero-order chi connectivity index (χ0) is 29.9. The van der Waals surface area contributed by atoms with Crippen LogP contribution in [0.3, 0.4) is 0 Å². The van der Waals surface area contributed by atoms with E-state index in [1.165, 1.54) is 0 Å². The molecule has 0 bridgehead atoms. The van der Waals surface area contributed by atoms with E-state index in [0.29, 0.717) is 39.6 Å². The average molecular weight is 625 g/mol. The van der Waals surface area contributed by atoms with Crippen LogP contribution in [0.4, 0.5) is 0 Å². The summed E-state index contributed by atoms with van der Waals surface area (Å²) in [4.78, 5) is 0. The zero-order valence-electron chi connectivity index (χ0n) is 26.0. The smallest absolute Gasteiger partial charge is 0.363 e. The molecular formula is C30H52O8Si3. The second-order valence-corrected chi connectivity index (χ2v) is 17.4. The normalized spacial score (nSPS) is 12.6. The van der Waals surface area contributed by atoms with Crippen molar-refractivity contribution in [3.63, 3.8) is 0 Å². The quantitative estimate of drug-likeness (QED) is 0.138. The second kappa shape index (κ2) is 19.9. The Balaban J connectivity index is 2.87. The van der Waals surface area contributed by atoms with Crippen LogP contribution in [0.5, 0.6) is 0 Å². The van der Waals surface area contributed by atoms with Crippen LogP contribution in [0.25, 0.3) is 0 Å². The molecule has 2 rings (SSSR count). The van der Waals surface area contributed by atoms with Crippen molar-refractivity contribution in [2.75, 3.05) is 39.6 Å². The van der Waals surface area contributed by atoms with Crippen LogP contribution in [0, 0.1) is 0 Å². The van der Waals surface area contributed by atoms with Gasteiger partial charge in [-0.2, -0.15) is 0 Å². The van der Waals surface area contributed by atoms with Crippen LogP contribution in [0.1, 0.15) is 80.1 Å². The van der Waals surface area contributed by atoms with Gasteiger partial charge in [0.2, 0.25) is 0 Å². The van der Waals surface area contributed by atoms with Crippen molar-refractivity contribution in [2.45, 2.75) is 80.1 Å². The van der Waals surface area contributed by atoms with Gasteiger partial charge in [-0.05, 0) is 48.9 Å². The fourth-order valence-corrected chi connectivity index (χ4v) is 15.4. The number of benzene rings is 2. The Morgan fingerprint density at radius 3 is 0.854 bits per heavy atom. The van der Waals surface area contributed by atoms with Crippen molar-refractivity contribution in [1.82, 2.24) is 0 Å². The molecular weight excluding hydrogens is 573 g/mol. The maximum absolute atomic E-state index is 7.28. The second-order valence-electron chi connectivity index (χ2n) is 9.64. The summed E-state index contributed by atoms with van der Waals surface area (Å²) >= 11 is 0. The molecule has 11 heteroatoms. The summed E-state index contributed by atoms with van der Waals surface area (Å²) in [5.41, 5.74) is 0. The molecule has 2 aromatic carbocycles. The molecule has 0 radical (unpaired) electrons. The predicted molar refractivity (Wildman–Crippen MR) is 169 cm³/mol. The third kappa shape index (κ3) is 11.1. The van der Waals surface area contributed by atoms with E-state index in [4.69, 9.17) is 34.8 Å². The van der Waals surface area contributed by atoms with E-state index in [-0.39, 0.29) is 0 Å². The van der Waals surface area contributed by atoms with E-state index in [1.807, 2.05) is 60.7 Å². The Hall–Kier alpha value is -1.23. The van der Waals surface area contributed by atoms with Gasteiger partial charge >= 0.3 is 26.7 Å². The molecule has 0 atom stereocenters. The highest BCUT2D eigenvalue weighted by molar-refractivity contribution is 6.99.